The van der Waals surface area contributed by atoms with Gasteiger partial charge in [0, 0.05) is 18.0 Å². The van der Waals surface area contributed by atoms with E-state index in [9.17, 15) is 9.18 Å². The second-order valence-electron chi connectivity index (χ2n) is 5.53. The minimum absolute atomic E-state index is 0.154. The fraction of sp³-hybridized carbons (Fsp3) is 0.562. The maximum atomic E-state index is 13.6. The lowest BCUT2D eigenvalue weighted by Crippen LogP contribution is -2.30. The first-order chi connectivity index (χ1) is 10.1. The van der Waals surface area contributed by atoms with Gasteiger partial charge in [-0.05, 0) is 44.1 Å². The molecule has 1 aliphatic heterocycles. The third kappa shape index (κ3) is 5.64. The normalized spacial score (nSPS) is 17.0. The number of nitrogens with one attached hydrogen (secondary N) is 1. The first-order valence-corrected chi connectivity index (χ1v) is 8.00. The first kappa shape index (κ1) is 16.2. The molecule has 3 nitrogen and oxygen atoms in total. The van der Waals surface area contributed by atoms with E-state index in [4.69, 9.17) is 11.6 Å². The number of carbonyl (C=O) groups is 1. The highest BCUT2D eigenvalue weighted by atomic mass is 35.5. The molecule has 0 bridgehead atoms. The van der Waals surface area contributed by atoms with E-state index in [-0.39, 0.29) is 11.6 Å². The van der Waals surface area contributed by atoms with E-state index in [0.29, 0.717) is 11.4 Å². The van der Waals surface area contributed by atoms with Crippen molar-refractivity contribution in [1.29, 1.82) is 0 Å². The molecule has 1 aromatic carbocycles. The monoisotopic (exact) mass is 312 g/mol. The van der Waals surface area contributed by atoms with Crippen LogP contribution in [0.1, 0.15) is 38.5 Å². The summed E-state index contributed by atoms with van der Waals surface area (Å²) in [6.07, 6.45) is 6.67. The number of halogens is 2. The van der Waals surface area contributed by atoms with Gasteiger partial charge in [-0.2, -0.15) is 0 Å². The SMILES string of the molecule is O=C(CCN1CCCCCCC1)Nc1ccc(Cl)cc1F. The van der Waals surface area contributed by atoms with E-state index in [2.05, 4.69) is 10.2 Å². The van der Waals surface area contributed by atoms with Gasteiger partial charge in [-0.3, -0.25) is 4.79 Å². The number of nitrogens with zero attached hydrogens (tertiary/aromatic N) is 1. The molecule has 1 fully saturated rings. The summed E-state index contributed by atoms with van der Waals surface area (Å²) in [6, 6.07) is 4.26. The molecule has 1 N–H and O–H groups in total. The molecule has 116 valence electrons. The predicted molar refractivity (Wildman–Crippen MR) is 84.2 cm³/mol. The number of carbonyl (C=O) groups excluding carboxylic acids is 1. The minimum atomic E-state index is -0.498. The van der Waals surface area contributed by atoms with Crippen LogP contribution in [0.15, 0.2) is 18.2 Å². The molecule has 0 aliphatic carbocycles. The third-order valence-electron chi connectivity index (χ3n) is 3.81. The molecule has 1 aromatic rings. The summed E-state index contributed by atoms with van der Waals surface area (Å²) < 4.78 is 13.6. The maximum absolute atomic E-state index is 13.6. The van der Waals surface area contributed by atoms with E-state index in [1.807, 2.05) is 0 Å². The summed E-state index contributed by atoms with van der Waals surface area (Å²) in [5.74, 6) is -0.652. The number of benzene rings is 1. The van der Waals surface area contributed by atoms with Crippen LogP contribution in [0, 0.1) is 5.82 Å². The maximum Gasteiger partial charge on any atom is 0.225 e. The molecular formula is C16H22ClFN2O. The summed E-state index contributed by atoms with van der Waals surface area (Å²) in [4.78, 5) is 14.2. The molecule has 0 radical (unpaired) electrons. The Balaban J connectivity index is 1.78. The lowest BCUT2D eigenvalue weighted by Gasteiger charge is -2.24. The van der Waals surface area contributed by atoms with E-state index >= 15 is 0 Å². The van der Waals surface area contributed by atoms with Crippen molar-refractivity contribution in [2.75, 3.05) is 25.0 Å². The molecular weight excluding hydrogens is 291 g/mol. The smallest absolute Gasteiger partial charge is 0.225 e. The number of likely N-dealkylation sites (tertiary alicyclic amines) is 1. The third-order valence-corrected chi connectivity index (χ3v) is 4.04. The topological polar surface area (TPSA) is 32.3 Å². The summed E-state index contributed by atoms with van der Waals surface area (Å²) in [5.41, 5.74) is 0.192. The van der Waals surface area contributed by atoms with Crippen molar-refractivity contribution in [2.45, 2.75) is 38.5 Å². The number of rotatable bonds is 4. The Morgan fingerprint density at radius 3 is 2.52 bits per heavy atom. The van der Waals surface area contributed by atoms with Crippen LogP contribution in [0.2, 0.25) is 5.02 Å². The van der Waals surface area contributed by atoms with Crippen LogP contribution in [0.5, 0.6) is 0 Å². The van der Waals surface area contributed by atoms with Crippen LogP contribution in [-0.4, -0.2) is 30.4 Å². The van der Waals surface area contributed by atoms with Gasteiger partial charge < -0.3 is 10.2 Å². The molecule has 0 atom stereocenters. The zero-order valence-electron chi connectivity index (χ0n) is 12.2. The Hall–Kier alpha value is -1.13. The molecule has 2 rings (SSSR count). The number of amides is 1. The quantitative estimate of drug-likeness (QED) is 0.908. The molecule has 21 heavy (non-hydrogen) atoms. The van der Waals surface area contributed by atoms with Gasteiger partial charge in [-0.25, -0.2) is 4.39 Å². The Morgan fingerprint density at radius 1 is 1.19 bits per heavy atom. The molecule has 5 heteroatoms. The molecule has 1 saturated heterocycles. The summed E-state index contributed by atoms with van der Waals surface area (Å²) >= 11 is 5.69. The van der Waals surface area contributed by atoms with Crippen LogP contribution < -0.4 is 5.32 Å². The summed E-state index contributed by atoms with van der Waals surface area (Å²) in [7, 11) is 0. The highest BCUT2D eigenvalue weighted by Gasteiger charge is 2.12. The van der Waals surface area contributed by atoms with Gasteiger partial charge in [-0.1, -0.05) is 30.9 Å². The van der Waals surface area contributed by atoms with Crippen molar-refractivity contribution in [3.05, 3.63) is 29.0 Å². The van der Waals surface area contributed by atoms with Crippen LogP contribution in [0.25, 0.3) is 0 Å². The lowest BCUT2D eigenvalue weighted by atomic mass is 10.1. The zero-order valence-corrected chi connectivity index (χ0v) is 13.0. The van der Waals surface area contributed by atoms with Crippen molar-refractivity contribution in [3.63, 3.8) is 0 Å². The second kappa shape index (κ2) is 8.35. The van der Waals surface area contributed by atoms with Crippen molar-refractivity contribution in [1.82, 2.24) is 4.90 Å². The lowest BCUT2D eigenvalue weighted by molar-refractivity contribution is -0.116. The fourth-order valence-electron chi connectivity index (χ4n) is 2.60. The van der Waals surface area contributed by atoms with Gasteiger partial charge in [0.05, 0.1) is 5.69 Å². The Bertz CT molecular complexity index is 473. The molecule has 0 saturated carbocycles. The average molecular weight is 313 g/mol. The Labute approximate surface area is 130 Å². The van der Waals surface area contributed by atoms with Crippen molar-refractivity contribution < 1.29 is 9.18 Å². The molecule has 0 spiro atoms. The van der Waals surface area contributed by atoms with Crippen molar-refractivity contribution >= 4 is 23.2 Å². The van der Waals surface area contributed by atoms with E-state index < -0.39 is 5.82 Å². The summed E-state index contributed by atoms with van der Waals surface area (Å²) in [5, 5.41) is 2.93. The molecule has 0 unspecified atom stereocenters. The second-order valence-corrected chi connectivity index (χ2v) is 5.97. The Kier molecular flexibility index (Phi) is 6.46. The van der Waals surface area contributed by atoms with Crippen LogP contribution >= 0.6 is 11.6 Å². The predicted octanol–water partition coefficient (Wildman–Crippen LogP) is 4.07. The highest BCUT2D eigenvalue weighted by molar-refractivity contribution is 6.30. The van der Waals surface area contributed by atoms with Gasteiger partial charge in [0.25, 0.3) is 0 Å². The minimum Gasteiger partial charge on any atom is -0.324 e. The molecule has 1 aliphatic rings. The number of hydrogen-bond donors (Lipinski definition) is 1. The van der Waals surface area contributed by atoms with Crippen LogP contribution in [0.4, 0.5) is 10.1 Å². The fourth-order valence-corrected chi connectivity index (χ4v) is 2.76. The van der Waals surface area contributed by atoms with Gasteiger partial charge in [-0.15, -0.1) is 0 Å². The largest absolute Gasteiger partial charge is 0.324 e. The van der Waals surface area contributed by atoms with Crippen LogP contribution in [-0.2, 0) is 4.79 Å². The van der Waals surface area contributed by atoms with Gasteiger partial charge in [0.1, 0.15) is 5.82 Å². The number of anilines is 1. The van der Waals surface area contributed by atoms with Crippen molar-refractivity contribution in [3.8, 4) is 0 Å². The highest BCUT2D eigenvalue weighted by Crippen LogP contribution is 2.19. The zero-order chi connectivity index (χ0) is 15.1. The van der Waals surface area contributed by atoms with Gasteiger partial charge in [0.15, 0.2) is 0 Å². The van der Waals surface area contributed by atoms with E-state index in [1.165, 1.54) is 44.2 Å². The summed E-state index contributed by atoms with van der Waals surface area (Å²) in [6.45, 7) is 2.85. The van der Waals surface area contributed by atoms with Gasteiger partial charge >= 0.3 is 0 Å². The van der Waals surface area contributed by atoms with E-state index in [1.54, 1.807) is 6.07 Å². The van der Waals surface area contributed by atoms with Crippen molar-refractivity contribution in [2.24, 2.45) is 0 Å². The van der Waals surface area contributed by atoms with Gasteiger partial charge in [0.2, 0.25) is 5.91 Å². The van der Waals surface area contributed by atoms with E-state index in [0.717, 1.165) is 19.6 Å². The number of hydrogen-bond acceptors (Lipinski definition) is 2. The average Bonchev–Trinajstić information content (AvgIpc) is 2.41. The van der Waals surface area contributed by atoms with Crippen LogP contribution in [0.3, 0.4) is 0 Å². The molecule has 1 amide bonds. The Morgan fingerprint density at radius 2 is 1.86 bits per heavy atom. The molecule has 0 aromatic heterocycles. The molecule has 1 heterocycles. The first-order valence-electron chi connectivity index (χ1n) is 7.62. The standard InChI is InChI=1S/C16H22ClFN2O/c17-13-6-7-15(14(18)12-13)19-16(21)8-11-20-9-4-2-1-3-5-10-20/h6-7,12H,1-5,8-11H2,(H,19,21).